The Morgan fingerprint density at radius 2 is 1.88 bits per heavy atom. The van der Waals surface area contributed by atoms with Crippen molar-refractivity contribution in [2.75, 3.05) is 5.75 Å². The van der Waals surface area contributed by atoms with Gasteiger partial charge in [-0.3, -0.25) is 4.55 Å². The maximum absolute atomic E-state index is 9.75. The second-order valence-corrected chi connectivity index (χ2v) is 2.71. The molecular formula is C3H10NO3S. The average Bonchev–Trinajstić information content (AvgIpc) is 1.30. The van der Waals surface area contributed by atoms with Crippen molar-refractivity contribution in [3.8, 4) is 0 Å². The highest BCUT2D eigenvalue weighted by Crippen LogP contribution is 1.83. The van der Waals surface area contributed by atoms with Crippen LogP contribution < -0.4 is 6.15 Å². The first kappa shape index (κ1) is 10.8. The molecule has 0 heterocycles. The molecule has 4 N–H and O–H groups in total. The molecule has 0 saturated heterocycles. The minimum absolute atomic E-state index is 0. The predicted octanol–water partition coefficient (Wildman–Crippen LogP) is 0.260. The Bertz CT molecular complexity index is 127. The van der Waals surface area contributed by atoms with Gasteiger partial charge in [-0.05, 0) is 6.42 Å². The molecule has 0 aliphatic heterocycles. The minimum Gasteiger partial charge on any atom is -0.344 e. The van der Waals surface area contributed by atoms with Crippen LogP contribution in [0.15, 0.2) is 0 Å². The fourth-order valence-corrected chi connectivity index (χ4v) is 0.547. The lowest BCUT2D eigenvalue weighted by molar-refractivity contribution is 0.483. The van der Waals surface area contributed by atoms with Gasteiger partial charge in [0.2, 0.25) is 0 Å². The largest absolute Gasteiger partial charge is 0.344 e. The molecule has 0 rings (SSSR count). The van der Waals surface area contributed by atoms with Gasteiger partial charge in [-0.15, -0.1) is 0 Å². The monoisotopic (exact) mass is 140 g/mol. The molecule has 0 aliphatic carbocycles. The summed E-state index contributed by atoms with van der Waals surface area (Å²) in [6.07, 6.45) is 0.221. The highest BCUT2D eigenvalue weighted by Gasteiger charge is 1.98. The van der Waals surface area contributed by atoms with Crippen LogP contribution in [-0.2, 0) is 10.1 Å². The Kier molecular flexibility index (Phi) is 5.15. The quantitative estimate of drug-likeness (QED) is 0.538. The van der Waals surface area contributed by atoms with E-state index in [1.54, 1.807) is 0 Å². The van der Waals surface area contributed by atoms with E-state index in [0.29, 0.717) is 0 Å². The molecule has 0 aromatic heterocycles. The van der Waals surface area contributed by atoms with E-state index in [1.807, 2.05) is 0 Å². The van der Waals surface area contributed by atoms with Crippen LogP contribution in [0.25, 0.3) is 0 Å². The van der Waals surface area contributed by atoms with Gasteiger partial charge in [-0.2, -0.15) is 8.42 Å². The third-order valence-corrected chi connectivity index (χ3v) is 1.21. The van der Waals surface area contributed by atoms with Crippen LogP contribution in [-0.4, -0.2) is 18.7 Å². The molecule has 0 aliphatic rings. The van der Waals surface area contributed by atoms with Crippen molar-refractivity contribution in [2.24, 2.45) is 0 Å². The molecular weight excluding hydrogens is 130 g/mol. The Hall–Kier alpha value is -0.130. The highest BCUT2D eigenvalue weighted by atomic mass is 32.2. The van der Waals surface area contributed by atoms with Crippen LogP contribution in [0, 0.1) is 6.92 Å². The molecule has 4 nitrogen and oxygen atoms in total. The lowest BCUT2D eigenvalue weighted by Gasteiger charge is -1.85. The standard InChI is InChI=1S/C3H7O3S.H3N/c1-2-3-7(4,5)6;/h1-3H2,(H,4,5,6);1H3. The Labute approximate surface area is 49.2 Å². The molecule has 0 amide bonds. The molecule has 0 unspecified atom stereocenters. The zero-order valence-electron chi connectivity index (χ0n) is 4.50. The van der Waals surface area contributed by atoms with Crippen LogP contribution in [0.5, 0.6) is 0 Å². The van der Waals surface area contributed by atoms with Gasteiger partial charge in [0.25, 0.3) is 10.1 Å². The molecule has 0 bridgehead atoms. The van der Waals surface area contributed by atoms with Crippen LogP contribution in [0.1, 0.15) is 6.42 Å². The van der Waals surface area contributed by atoms with E-state index < -0.39 is 10.1 Å². The lowest BCUT2D eigenvalue weighted by atomic mass is 10.6. The van der Waals surface area contributed by atoms with Gasteiger partial charge in [-0.25, -0.2) is 0 Å². The average molecular weight is 140 g/mol. The highest BCUT2D eigenvalue weighted by molar-refractivity contribution is 7.85. The van der Waals surface area contributed by atoms with E-state index in [-0.39, 0.29) is 18.3 Å². The summed E-state index contributed by atoms with van der Waals surface area (Å²) in [5, 5.41) is 0. The summed E-state index contributed by atoms with van der Waals surface area (Å²) in [5.74, 6) is -0.243. The van der Waals surface area contributed by atoms with Gasteiger partial charge in [0, 0.05) is 0 Å². The minimum atomic E-state index is -3.74. The molecule has 0 aromatic rings. The summed E-state index contributed by atoms with van der Waals surface area (Å²) in [7, 11) is -3.74. The van der Waals surface area contributed by atoms with E-state index in [2.05, 4.69) is 6.92 Å². The van der Waals surface area contributed by atoms with Crippen LogP contribution in [0.3, 0.4) is 0 Å². The van der Waals surface area contributed by atoms with Crippen molar-refractivity contribution in [3.05, 3.63) is 6.92 Å². The zero-order valence-corrected chi connectivity index (χ0v) is 5.32. The maximum atomic E-state index is 9.75. The summed E-state index contributed by atoms with van der Waals surface area (Å²) in [5.41, 5.74) is 0. The third kappa shape index (κ3) is 9.30. The Balaban J connectivity index is 0. The molecule has 1 radical (unpaired) electrons. The normalized spacial score (nSPS) is 10.2. The van der Waals surface area contributed by atoms with E-state index >= 15 is 0 Å². The van der Waals surface area contributed by atoms with E-state index in [4.69, 9.17) is 4.55 Å². The van der Waals surface area contributed by atoms with Crippen molar-refractivity contribution < 1.29 is 13.0 Å². The summed E-state index contributed by atoms with van der Waals surface area (Å²) in [6.45, 7) is 3.23. The van der Waals surface area contributed by atoms with Gasteiger partial charge in [0.15, 0.2) is 0 Å². The fraction of sp³-hybridized carbons (Fsp3) is 0.667. The van der Waals surface area contributed by atoms with Crippen LogP contribution in [0.4, 0.5) is 0 Å². The van der Waals surface area contributed by atoms with Gasteiger partial charge < -0.3 is 6.15 Å². The summed E-state index contributed by atoms with van der Waals surface area (Å²) < 4.78 is 27.4. The molecule has 8 heavy (non-hydrogen) atoms. The molecule has 5 heteroatoms. The van der Waals surface area contributed by atoms with E-state index in [9.17, 15) is 8.42 Å². The topological polar surface area (TPSA) is 89.4 Å². The molecule has 0 aromatic carbocycles. The Morgan fingerprint density at radius 3 is 1.88 bits per heavy atom. The van der Waals surface area contributed by atoms with Crippen LogP contribution in [0.2, 0.25) is 0 Å². The maximum Gasteiger partial charge on any atom is 0.264 e. The zero-order chi connectivity index (χ0) is 5.91. The molecule has 51 valence electrons. The second kappa shape index (κ2) is 3.82. The van der Waals surface area contributed by atoms with Gasteiger partial charge in [0.05, 0.1) is 5.75 Å². The summed E-state index contributed by atoms with van der Waals surface area (Å²) in [6, 6.07) is 0. The molecule has 0 atom stereocenters. The lowest BCUT2D eigenvalue weighted by Crippen LogP contribution is -2.01. The first-order valence-electron chi connectivity index (χ1n) is 1.80. The number of rotatable bonds is 2. The first-order chi connectivity index (χ1) is 3.06. The smallest absolute Gasteiger partial charge is 0.264 e. The predicted molar refractivity (Wildman–Crippen MR) is 31.4 cm³/mol. The Morgan fingerprint density at radius 1 is 1.50 bits per heavy atom. The fourth-order valence-electron chi connectivity index (χ4n) is 0.182. The van der Waals surface area contributed by atoms with Crippen molar-refractivity contribution in [1.82, 2.24) is 6.15 Å². The van der Waals surface area contributed by atoms with Gasteiger partial charge in [-0.1, -0.05) is 6.92 Å². The van der Waals surface area contributed by atoms with Gasteiger partial charge >= 0.3 is 0 Å². The van der Waals surface area contributed by atoms with Crippen molar-refractivity contribution in [3.63, 3.8) is 0 Å². The number of hydrogen-bond acceptors (Lipinski definition) is 3. The van der Waals surface area contributed by atoms with Gasteiger partial charge in [0.1, 0.15) is 0 Å². The van der Waals surface area contributed by atoms with E-state index in [1.165, 1.54) is 0 Å². The van der Waals surface area contributed by atoms with Crippen LogP contribution >= 0.6 is 0 Å². The summed E-state index contributed by atoms with van der Waals surface area (Å²) >= 11 is 0. The molecule has 0 fully saturated rings. The molecule has 0 spiro atoms. The first-order valence-corrected chi connectivity index (χ1v) is 3.41. The van der Waals surface area contributed by atoms with Crippen molar-refractivity contribution >= 4 is 10.1 Å². The van der Waals surface area contributed by atoms with Crippen molar-refractivity contribution in [1.29, 1.82) is 0 Å². The third-order valence-electron chi connectivity index (χ3n) is 0.402. The molecule has 0 saturated carbocycles. The SMILES string of the molecule is N.[CH2]CCS(=O)(=O)O. The van der Waals surface area contributed by atoms with E-state index in [0.717, 1.165) is 0 Å². The second-order valence-electron chi connectivity index (χ2n) is 1.14. The van der Waals surface area contributed by atoms with Crippen molar-refractivity contribution in [2.45, 2.75) is 6.42 Å². The number of hydrogen-bond donors (Lipinski definition) is 2. The summed E-state index contributed by atoms with van der Waals surface area (Å²) in [4.78, 5) is 0.